The van der Waals surface area contributed by atoms with Gasteiger partial charge in [-0.2, -0.15) is 0 Å². The zero-order valence-electron chi connectivity index (χ0n) is 16.3. The Bertz CT molecular complexity index is 1330. The third-order valence-corrected chi connectivity index (χ3v) is 5.04. The number of benzene rings is 2. The number of aromatic hydroxyl groups is 1. The van der Waals surface area contributed by atoms with Crippen LogP contribution in [0.15, 0.2) is 33.5 Å². The van der Waals surface area contributed by atoms with Gasteiger partial charge in [0.25, 0.3) is 0 Å². The van der Waals surface area contributed by atoms with Crippen molar-refractivity contribution in [3.63, 3.8) is 0 Å². The minimum atomic E-state index is -0.664. The molecule has 0 saturated heterocycles. The van der Waals surface area contributed by atoms with Crippen molar-refractivity contribution < 1.29 is 33.4 Å². The van der Waals surface area contributed by atoms with Gasteiger partial charge < -0.3 is 19.0 Å². The lowest BCUT2D eigenvalue weighted by molar-refractivity contribution is -0.139. The lowest BCUT2D eigenvalue weighted by Crippen LogP contribution is -2.23. The molecule has 1 aromatic heterocycles. The van der Waals surface area contributed by atoms with Crippen molar-refractivity contribution >= 4 is 28.5 Å². The number of hydrogen-bond acceptors (Lipinski definition) is 8. The highest BCUT2D eigenvalue weighted by Gasteiger charge is 2.36. The summed E-state index contributed by atoms with van der Waals surface area (Å²) in [6, 6.07) is 5.15. The molecule has 1 heterocycles. The molecule has 152 valence electrons. The van der Waals surface area contributed by atoms with E-state index in [4.69, 9.17) is 9.15 Å². The average molecular weight is 408 g/mol. The molecule has 0 bridgehead atoms. The molecule has 1 N–H and O–H groups in total. The molecule has 3 aromatic rings. The Morgan fingerprint density at radius 2 is 1.70 bits per heavy atom. The van der Waals surface area contributed by atoms with Crippen molar-refractivity contribution in [2.45, 2.75) is 13.3 Å². The number of ketones is 2. The van der Waals surface area contributed by atoms with Crippen molar-refractivity contribution in [2.75, 3.05) is 14.2 Å². The quantitative estimate of drug-likeness (QED) is 0.513. The van der Waals surface area contributed by atoms with E-state index in [1.165, 1.54) is 45.4 Å². The molecule has 1 aliphatic carbocycles. The van der Waals surface area contributed by atoms with Gasteiger partial charge in [0.05, 0.1) is 37.2 Å². The van der Waals surface area contributed by atoms with Crippen LogP contribution in [0.3, 0.4) is 0 Å². The molecule has 0 fully saturated rings. The number of ether oxygens (including phenoxy) is 2. The maximum Gasteiger partial charge on any atom is 0.310 e. The number of carbonyl (C=O) groups excluding carboxylic acids is 3. The van der Waals surface area contributed by atoms with Crippen molar-refractivity contribution in [1.82, 2.24) is 0 Å². The second-order valence-electron chi connectivity index (χ2n) is 6.86. The molecule has 0 radical (unpaired) electrons. The van der Waals surface area contributed by atoms with Crippen molar-refractivity contribution in [1.29, 1.82) is 0 Å². The zero-order valence-corrected chi connectivity index (χ0v) is 16.3. The summed E-state index contributed by atoms with van der Waals surface area (Å²) in [5, 5.41) is 10.4. The van der Waals surface area contributed by atoms with Gasteiger partial charge in [0.2, 0.25) is 5.78 Å². The Balaban J connectivity index is 2.11. The van der Waals surface area contributed by atoms with E-state index in [0.717, 1.165) is 0 Å². The van der Waals surface area contributed by atoms with Gasteiger partial charge in [-0.15, -0.1) is 0 Å². The molecule has 0 spiro atoms. The Hall–Kier alpha value is -3.94. The number of phenolic OH excluding ortho intramolecular Hbond substituents is 1. The lowest BCUT2D eigenvalue weighted by atomic mass is 9.81. The minimum absolute atomic E-state index is 0.0161. The van der Waals surface area contributed by atoms with E-state index in [0.29, 0.717) is 0 Å². The molecular weight excluding hydrogens is 392 g/mol. The van der Waals surface area contributed by atoms with Crippen molar-refractivity contribution in [3.8, 4) is 11.5 Å². The number of esters is 1. The van der Waals surface area contributed by atoms with Crippen LogP contribution in [0.5, 0.6) is 11.5 Å². The molecular formula is C22H16O8. The van der Waals surface area contributed by atoms with Gasteiger partial charge in [-0.1, -0.05) is 0 Å². The first-order valence-electron chi connectivity index (χ1n) is 8.94. The van der Waals surface area contributed by atoms with E-state index in [-0.39, 0.29) is 56.7 Å². The van der Waals surface area contributed by atoms with Gasteiger partial charge in [-0.3, -0.25) is 19.2 Å². The molecule has 30 heavy (non-hydrogen) atoms. The fourth-order valence-corrected chi connectivity index (χ4v) is 3.71. The highest BCUT2D eigenvalue weighted by Crippen LogP contribution is 2.39. The van der Waals surface area contributed by atoms with Crippen LogP contribution >= 0.6 is 0 Å². The Labute approximate surface area is 169 Å². The fourth-order valence-electron chi connectivity index (χ4n) is 3.71. The van der Waals surface area contributed by atoms with Crippen LogP contribution in [0.1, 0.15) is 43.2 Å². The summed E-state index contributed by atoms with van der Waals surface area (Å²) in [7, 11) is 2.57. The standard InChI is InChI=1S/C22H16O8/c1-9-4-14(23)17-10(6-16(25)29-3)5-12-19(22(17)30-9)21(27)18-13(20(12)26)7-11(28-2)8-15(18)24/h4-5,7-8,24H,6H2,1-3H3. The number of hydrogen-bond donors (Lipinski definition) is 1. The van der Waals surface area contributed by atoms with Crippen LogP contribution in [0, 0.1) is 6.92 Å². The van der Waals surface area contributed by atoms with E-state index < -0.39 is 28.7 Å². The SMILES string of the molecule is COC(=O)Cc1cc2c(c3oc(C)cc(=O)c13)C(=O)c1c(O)cc(OC)cc1C2=O. The molecule has 2 aromatic carbocycles. The van der Waals surface area contributed by atoms with Crippen LogP contribution in [0.25, 0.3) is 11.0 Å². The number of fused-ring (bicyclic) bond motifs is 4. The second kappa shape index (κ2) is 6.84. The van der Waals surface area contributed by atoms with Crippen LogP contribution < -0.4 is 10.2 Å². The van der Waals surface area contributed by atoms with Gasteiger partial charge in [-0.05, 0) is 24.6 Å². The van der Waals surface area contributed by atoms with Crippen molar-refractivity contribution in [3.05, 3.63) is 68.1 Å². The van der Waals surface area contributed by atoms with E-state index >= 15 is 0 Å². The van der Waals surface area contributed by atoms with Crippen LogP contribution in [-0.2, 0) is 16.0 Å². The predicted molar refractivity (Wildman–Crippen MR) is 104 cm³/mol. The largest absolute Gasteiger partial charge is 0.507 e. The van der Waals surface area contributed by atoms with E-state index in [2.05, 4.69) is 4.74 Å². The summed E-state index contributed by atoms with van der Waals surface area (Å²) in [5.74, 6) is -1.83. The Morgan fingerprint density at radius 1 is 1.00 bits per heavy atom. The molecule has 0 saturated carbocycles. The first-order valence-corrected chi connectivity index (χ1v) is 8.94. The first-order chi connectivity index (χ1) is 14.3. The Morgan fingerprint density at radius 3 is 2.37 bits per heavy atom. The number of rotatable bonds is 3. The van der Waals surface area contributed by atoms with E-state index in [1.54, 1.807) is 0 Å². The summed E-state index contributed by atoms with van der Waals surface area (Å²) in [6.45, 7) is 1.53. The highest BCUT2D eigenvalue weighted by atomic mass is 16.5. The van der Waals surface area contributed by atoms with Gasteiger partial charge in [-0.25, -0.2) is 0 Å². The summed E-state index contributed by atoms with van der Waals surface area (Å²) < 4.78 is 15.5. The summed E-state index contributed by atoms with van der Waals surface area (Å²) in [5.41, 5.74) is -0.739. The number of aryl methyl sites for hydroxylation is 1. The maximum atomic E-state index is 13.3. The smallest absolute Gasteiger partial charge is 0.310 e. The Kier molecular flexibility index (Phi) is 4.42. The van der Waals surface area contributed by atoms with Gasteiger partial charge in [0.1, 0.15) is 22.8 Å². The number of phenols is 1. The van der Waals surface area contributed by atoms with Crippen LogP contribution in [-0.4, -0.2) is 36.9 Å². The minimum Gasteiger partial charge on any atom is -0.507 e. The number of carbonyl (C=O) groups is 3. The third-order valence-electron chi connectivity index (χ3n) is 5.04. The van der Waals surface area contributed by atoms with Gasteiger partial charge in [0, 0.05) is 23.3 Å². The monoisotopic (exact) mass is 408 g/mol. The lowest BCUT2D eigenvalue weighted by Gasteiger charge is -2.21. The molecule has 0 amide bonds. The second-order valence-corrected chi connectivity index (χ2v) is 6.86. The summed E-state index contributed by atoms with van der Waals surface area (Å²) in [6.07, 6.45) is -0.286. The van der Waals surface area contributed by atoms with Crippen molar-refractivity contribution in [2.24, 2.45) is 0 Å². The molecule has 1 aliphatic rings. The predicted octanol–water partition coefficient (Wildman–Crippen LogP) is 2.31. The average Bonchev–Trinajstić information content (AvgIpc) is 2.70. The summed E-state index contributed by atoms with van der Waals surface area (Å²) >= 11 is 0. The molecule has 8 heteroatoms. The molecule has 8 nitrogen and oxygen atoms in total. The number of methoxy groups -OCH3 is 2. The fraction of sp³-hybridized carbons (Fsp3) is 0.182. The normalized spacial score (nSPS) is 12.5. The van der Waals surface area contributed by atoms with E-state index in [9.17, 15) is 24.3 Å². The van der Waals surface area contributed by atoms with Gasteiger partial charge in [0.15, 0.2) is 11.2 Å². The molecule has 0 atom stereocenters. The summed E-state index contributed by atoms with van der Waals surface area (Å²) in [4.78, 5) is 51.1. The molecule has 0 unspecified atom stereocenters. The van der Waals surface area contributed by atoms with Gasteiger partial charge >= 0.3 is 5.97 Å². The molecule has 4 rings (SSSR count). The van der Waals surface area contributed by atoms with Crippen LogP contribution in [0.2, 0.25) is 0 Å². The van der Waals surface area contributed by atoms with E-state index in [1.807, 2.05) is 0 Å². The first kappa shape index (κ1) is 19.4. The molecule has 0 aliphatic heterocycles. The maximum absolute atomic E-state index is 13.3. The zero-order chi connectivity index (χ0) is 21.7. The topological polar surface area (TPSA) is 120 Å². The highest BCUT2D eigenvalue weighted by molar-refractivity contribution is 6.32. The third kappa shape index (κ3) is 2.76. The van der Waals surface area contributed by atoms with Crippen LogP contribution in [0.4, 0.5) is 0 Å².